The van der Waals surface area contributed by atoms with Gasteiger partial charge in [0.25, 0.3) is 0 Å². The Balaban J connectivity index is 2.48. The lowest BCUT2D eigenvalue weighted by Gasteiger charge is -2.13. The third-order valence-electron chi connectivity index (χ3n) is 1.99. The summed E-state index contributed by atoms with van der Waals surface area (Å²) in [5.41, 5.74) is 0. The number of nitriles is 1. The molecule has 1 heterocycles. The van der Waals surface area contributed by atoms with Gasteiger partial charge >= 0.3 is 0 Å². The smallest absolute Gasteiger partial charge is 0.0666 e. The first kappa shape index (κ1) is 11.7. The topological polar surface area (TPSA) is 35.8 Å². The van der Waals surface area contributed by atoms with Crippen molar-refractivity contribution in [1.29, 1.82) is 5.26 Å². The summed E-state index contributed by atoms with van der Waals surface area (Å²) in [4.78, 5) is 1.29. The molecule has 0 aromatic carbocycles. The highest BCUT2D eigenvalue weighted by Crippen LogP contribution is 2.28. The van der Waals surface area contributed by atoms with Gasteiger partial charge in [-0.2, -0.15) is 5.26 Å². The van der Waals surface area contributed by atoms with Gasteiger partial charge in [-0.1, -0.05) is 0 Å². The minimum absolute atomic E-state index is 0.0659. The van der Waals surface area contributed by atoms with Gasteiger partial charge in [-0.05, 0) is 41.2 Å². The van der Waals surface area contributed by atoms with Crippen LogP contribution >= 0.6 is 27.3 Å². The highest BCUT2D eigenvalue weighted by atomic mass is 79.9. The molecule has 0 amide bonds. The highest BCUT2D eigenvalue weighted by molar-refractivity contribution is 9.10. The van der Waals surface area contributed by atoms with Gasteiger partial charge in [0.15, 0.2) is 0 Å². The van der Waals surface area contributed by atoms with E-state index in [1.165, 1.54) is 4.88 Å². The Morgan fingerprint density at radius 1 is 1.64 bits per heavy atom. The molecule has 0 bridgehead atoms. The zero-order valence-electron chi connectivity index (χ0n) is 8.25. The van der Waals surface area contributed by atoms with Crippen LogP contribution in [0.15, 0.2) is 15.9 Å². The van der Waals surface area contributed by atoms with E-state index in [-0.39, 0.29) is 5.92 Å². The zero-order chi connectivity index (χ0) is 10.6. The monoisotopic (exact) mass is 272 g/mol. The van der Waals surface area contributed by atoms with Crippen molar-refractivity contribution in [2.24, 2.45) is 5.92 Å². The third-order valence-corrected chi connectivity index (χ3v) is 4.04. The summed E-state index contributed by atoms with van der Waals surface area (Å²) in [7, 11) is 0. The van der Waals surface area contributed by atoms with E-state index in [1.807, 2.05) is 13.0 Å². The molecule has 0 saturated carbocycles. The second-order valence-electron chi connectivity index (χ2n) is 3.29. The first-order valence-corrected chi connectivity index (χ1v) is 6.18. The first-order chi connectivity index (χ1) is 6.65. The number of nitrogens with zero attached hydrogens (tertiary/aromatic N) is 1. The summed E-state index contributed by atoms with van der Waals surface area (Å²) in [6, 6.07) is 4.56. The van der Waals surface area contributed by atoms with Crippen LogP contribution in [0.2, 0.25) is 0 Å². The molecule has 0 fully saturated rings. The number of rotatable bonds is 4. The lowest BCUT2D eigenvalue weighted by atomic mass is 10.2. The Morgan fingerprint density at radius 3 is 2.86 bits per heavy atom. The molecular weight excluding hydrogens is 260 g/mol. The highest BCUT2D eigenvalue weighted by Gasteiger charge is 2.11. The van der Waals surface area contributed by atoms with Crippen molar-refractivity contribution in [3.05, 3.63) is 20.8 Å². The van der Waals surface area contributed by atoms with Crippen LogP contribution in [0, 0.1) is 17.2 Å². The van der Waals surface area contributed by atoms with Crippen LogP contribution in [0.1, 0.15) is 24.8 Å². The number of hydrogen-bond donors (Lipinski definition) is 1. The molecule has 1 rings (SSSR count). The minimum atomic E-state index is 0.0659. The van der Waals surface area contributed by atoms with Crippen LogP contribution < -0.4 is 5.32 Å². The Kier molecular flexibility index (Phi) is 4.59. The third kappa shape index (κ3) is 3.09. The van der Waals surface area contributed by atoms with Crippen molar-refractivity contribution in [2.75, 3.05) is 6.54 Å². The van der Waals surface area contributed by atoms with Crippen LogP contribution in [0.25, 0.3) is 0 Å². The van der Waals surface area contributed by atoms with Gasteiger partial charge in [-0.15, -0.1) is 11.3 Å². The molecule has 4 heteroatoms. The molecule has 1 aromatic rings. The van der Waals surface area contributed by atoms with Crippen LogP contribution in [0.5, 0.6) is 0 Å². The Hall–Kier alpha value is -0.370. The fourth-order valence-electron chi connectivity index (χ4n) is 1.11. The van der Waals surface area contributed by atoms with Crippen LogP contribution in [-0.2, 0) is 0 Å². The second kappa shape index (κ2) is 5.50. The number of halogens is 1. The van der Waals surface area contributed by atoms with Gasteiger partial charge in [-0.25, -0.2) is 0 Å². The van der Waals surface area contributed by atoms with E-state index >= 15 is 0 Å². The van der Waals surface area contributed by atoms with Gasteiger partial charge in [0, 0.05) is 21.9 Å². The molecule has 2 atom stereocenters. The number of nitrogens with one attached hydrogen (secondary N) is 1. The molecule has 2 nitrogen and oxygen atoms in total. The molecule has 1 N–H and O–H groups in total. The number of thiophene rings is 1. The predicted octanol–water partition coefficient (Wildman–Crippen LogP) is 3.32. The lowest BCUT2D eigenvalue weighted by Crippen LogP contribution is -2.23. The van der Waals surface area contributed by atoms with Crippen LogP contribution in [0.3, 0.4) is 0 Å². The van der Waals surface area contributed by atoms with Gasteiger partial charge < -0.3 is 5.32 Å². The van der Waals surface area contributed by atoms with E-state index in [0.717, 1.165) is 11.0 Å². The second-order valence-corrected chi connectivity index (χ2v) is 5.09. The normalized spacial score (nSPS) is 14.7. The maximum Gasteiger partial charge on any atom is 0.0666 e. The lowest BCUT2D eigenvalue weighted by molar-refractivity contribution is 0.532. The summed E-state index contributed by atoms with van der Waals surface area (Å²) in [6.07, 6.45) is 0. The molecule has 0 aliphatic rings. The molecule has 76 valence electrons. The summed E-state index contributed by atoms with van der Waals surface area (Å²) in [6.45, 7) is 4.77. The molecule has 0 aliphatic heterocycles. The molecule has 2 unspecified atom stereocenters. The fourth-order valence-corrected chi connectivity index (χ4v) is 2.86. The first-order valence-electron chi connectivity index (χ1n) is 4.51. The maximum absolute atomic E-state index is 8.64. The van der Waals surface area contributed by atoms with Gasteiger partial charge in [0.05, 0.1) is 12.0 Å². The largest absolute Gasteiger partial charge is 0.308 e. The molecule has 0 aliphatic carbocycles. The van der Waals surface area contributed by atoms with Crippen molar-refractivity contribution in [2.45, 2.75) is 19.9 Å². The Bertz CT molecular complexity index is 329. The van der Waals surface area contributed by atoms with Crippen molar-refractivity contribution < 1.29 is 0 Å². The van der Waals surface area contributed by atoms with E-state index < -0.39 is 0 Å². The predicted molar refractivity (Wildman–Crippen MR) is 63.2 cm³/mol. The molecule has 0 spiro atoms. The Labute approximate surface area is 97.1 Å². The summed E-state index contributed by atoms with van der Waals surface area (Å²) in [5, 5.41) is 14.0. The maximum atomic E-state index is 8.64. The zero-order valence-corrected chi connectivity index (χ0v) is 10.7. The average molecular weight is 273 g/mol. The van der Waals surface area contributed by atoms with E-state index in [9.17, 15) is 0 Å². The van der Waals surface area contributed by atoms with Crippen molar-refractivity contribution >= 4 is 27.3 Å². The van der Waals surface area contributed by atoms with E-state index in [4.69, 9.17) is 5.26 Å². The number of hydrogen-bond acceptors (Lipinski definition) is 3. The molecular formula is C10H13BrN2S. The molecule has 14 heavy (non-hydrogen) atoms. The SMILES string of the molecule is CC(C#N)CNC(C)c1sccc1Br. The van der Waals surface area contributed by atoms with Crippen molar-refractivity contribution in [1.82, 2.24) is 5.32 Å². The summed E-state index contributed by atoms with van der Waals surface area (Å²) in [5.74, 6) is 0.0659. The van der Waals surface area contributed by atoms with E-state index in [1.54, 1.807) is 11.3 Å². The Morgan fingerprint density at radius 2 is 2.36 bits per heavy atom. The van der Waals surface area contributed by atoms with Crippen LogP contribution in [-0.4, -0.2) is 6.54 Å². The van der Waals surface area contributed by atoms with E-state index in [2.05, 4.69) is 39.6 Å². The standard InChI is InChI=1S/C10H13BrN2S/c1-7(5-12)6-13-8(2)10-9(11)3-4-14-10/h3-4,7-8,13H,6H2,1-2H3. The molecule has 0 saturated heterocycles. The van der Waals surface area contributed by atoms with Crippen LogP contribution in [0.4, 0.5) is 0 Å². The van der Waals surface area contributed by atoms with Crippen molar-refractivity contribution in [3.63, 3.8) is 0 Å². The van der Waals surface area contributed by atoms with Crippen molar-refractivity contribution in [3.8, 4) is 6.07 Å². The average Bonchev–Trinajstić information content (AvgIpc) is 2.60. The summed E-state index contributed by atoms with van der Waals surface area (Å²) < 4.78 is 1.15. The quantitative estimate of drug-likeness (QED) is 0.913. The molecule has 0 radical (unpaired) electrons. The van der Waals surface area contributed by atoms with Gasteiger partial charge in [-0.3, -0.25) is 0 Å². The van der Waals surface area contributed by atoms with Gasteiger partial charge in [0.2, 0.25) is 0 Å². The van der Waals surface area contributed by atoms with Gasteiger partial charge in [0.1, 0.15) is 0 Å². The molecule has 1 aromatic heterocycles. The fraction of sp³-hybridized carbons (Fsp3) is 0.500. The van der Waals surface area contributed by atoms with E-state index in [0.29, 0.717) is 6.04 Å². The minimum Gasteiger partial charge on any atom is -0.308 e. The summed E-state index contributed by atoms with van der Waals surface area (Å²) >= 11 is 5.22.